The molecule has 0 unspecified atom stereocenters. The average Bonchev–Trinajstić information content (AvgIpc) is 2.42. The molecule has 0 aliphatic carbocycles. The van der Waals surface area contributed by atoms with Crippen molar-refractivity contribution in [3.8, 4) is 6.07 Å². The number of carboxylic acid groups (broad SMARTS) is 1. The molecule has 20 heavy (non-hydrogen) atoms. The number of rotatable bonds is 4. The van der Waals surface area contributed by atoms with E-state index in [0.717, 1.165) is 19.8 Å². The first kappa shape index (κ1) is 14.6. The predicted molar refractivity (Wildman–Crippen MR) is 80.8 cm³/mol. The van der Waals surface area contributed by atoms with Crippen LogP contribution >= 0.6 is 27.7 Å². The average molecular weight is 348 g/mol. The highest BCUT2D eigenvalue weighted by Gasteiger charge is 2.04. The molecule has 0 spiro atoms. The quantitative estimate of drug-likeness (QED) is 0.904. The minimum absolute atomic E-state index is 0.0296. The summed E-state index contributed by atoms with van der Waals surface area (Å²) in [6.45, 7) is 0. The Labute approximate surface area is 129 Å². The number of carbonyl (C=O) groups is 1. The number of halogens is 1. The molecule has 0 heterocycles. The second kappa shape index (κ2) is 6.60. The van der Waals surface area contributed by atoms with Crippen LogP contribution in [0.2, 0.25) is 0 Å². The molecule has 3 nitrogen and oxygen atoms in total. The van der Waals surface area contributed by atoms with Crippen molar-refractivity contribution < 1.29 is 9.90 Å². The maximum atomic E-state index is 10.6. The van der Waals surface area contributed by atoms with Crippen LogP contribution < -0.4 is 0 Å². The molecule has 0 saturated carbocycles. The van der Waals surface area contributed by atoms with E-state index in [9.17, 15) is 4.79 Å². The van der Waals surface area contributed by atoms with Crippen LogP contribution in [0, 0.1) is 11.3 Å². The van der Waals surface area contributed by atoms with Gasteiger partial charge in [0.15, 0.2) is 0 Å². The highest BCUT2D eigenvalue weighted by molar-refractivity contribution is 9.10. The number of benzene rings is 2. The first-order chi connectivity index (χ1) is 9.58. The van der Waals surface area contributed by atoms with Crippen molar-refractivity contribution in [1.29, 1.82) is 5.26 Å². The minimum Gasteiger partial charge on any atom is -0.481 e. The van der Waals surface area contributed by atoms with Crippen molar-refractivity contribution in [3.63, 3.8) is 0 Å². The van der Waals surface area contributed by atoms with Gasteiger partial charge in [0.2, 0.25) is 0 Å². The summed E-state index contributed by atoms with van der Waals surface area (Å²) in [6.07, 6.45) is 0.0296. The van der Waals surface area contributed by atoms with Gasteiger partial charge in [0, 0.05) is 14.3 Å². The normalized spacial score (nSPS) is 10.0. The van der Waals surface area contributed by atoms with Gasteiger partial charge in [-0.25, -0.2) is 0 Å². The Bertz CT molecular complexity index is 677. The molecule has 2 rings (SSSR count). The third kappa shape index (κ3) is 3.86. The van der Waals surface area contributed by atoms with E-state index in [2.05, 4.69) is 22.0 Å². The summed E-state index contributed by atoms with van der Waals surface area (Å²) >= 11 is 4.86. The molecule has 0 bridgehead atoms. The maximum absolute atomic E-state index is 10.6. The van der Waals surface area contributed by atoms with Crippen LogP contribution in [-0.4, -0.2) is 11.1 Å². The zero-order valence-electron chi connectivity index (χ0n) is 10.3. The molecule has 0 amide bonds. The number of carboxylic acids is 1. The summed E-state index contributed by atoms with van der Waals surface area (Å²) in [5, 5.41) is 17.7. The SMILES string of the molecule is N#Cc1cc(Sc2ccc(CC(=O)O)cc2)ccc1Br. The van der Waals surface area contributed by atoms with Gasteiger partial charge in [-0.3, -0.25) is 4.79 Å². The van der Waals surface area contributed by atoms with Gasteiger partial charge < -0.3 is 5.11 Å². The van der Waals surface area contributed by atoms with Crippen molar-refractivity contribution in [2.75, 3.05) is 0 Å². The fourth-order valence-electron chi connectivity index (χ4n) is 1.64. The summed E-state index contributed by atoms with van der Waals surface area (Å²) in [7, 11) is 0. The standard InChI is InChI=1S/C15H10BrNO2S/c16-14-6-5-13(8-11(14)9-17)20-12-3-1-10(2-4-12)7-15(18)19/h1-6,8H,7H2,(H,18,19). The monoisotopic (exact) mass is 347 g/mol. The lowest BCUT2D eigenvalue weighted by Gasteiger charge is -2.04. The summed E-state index contributed by atoms with van der Waals surface area (Å²) in [6, 6.07) is 15.1. The Kier molecular flexibility index (Phi) is 4.83. The van der Waals surface area contributed by atoms with E-state index in [-0.39, 0.29) is 6.42 Å². The number of nitrogens with zero attached hydrogens (tertiary/aromatic N) is 1. The van der Waals surface area contributed by atoms with Gasteiger partial charge in [0.05, 0.1) is 12.0 Å². The lowest BCUT2D eigenvalue weighted by Crippen LogP contribution is -1.99. The van der Waals surface area contributed by atoms with Crippen LogP contribution in [0.1, 0.15) is 11.1 Å². The molecule has 1 N–H and O–H groups in total. The van der Waals surface area contributed by atoms with Crippen molar-refractivity contribution in [2.24, 2.45) is 0 Å². The van der Waals surface area contributed by atoms with Crippen molar-refractivity contribution >= 4 is 33.7 Å². The van der Waals surface area contributed by atoms with E-state index in [4.69, 9.17) is 10.4 Å². The van der Waals surface area contributed by atoms with Crippen LogP contribution in [0.25, 0.3) is 0 Å². The third-order valence-corrected chi connectivity index (χ3v) is 4.26. The molecule has 100 valence electrons. The maximum Gasteiger partial charge on any atom is 0.307 e. The van der Waals surface area contributed by atoms with Gasteiger partial charge in [-0.2, -0.15) is 5.26 Å². The predicted octanol–water partition coefficient (Wildman–Crippen LogP) is 4.10. The first-order valence-corrected chi connectivity index (χ1v) is 7.37. The van der Waals surface area contributed by atoms with Crippen LogP contribution in [0.5, 0.6) is 0 Å². The smallest absolute Gasteiger partial charge is 0.307 e. The first-order valence-electron chi connectivity index (χ1n) is 5.77. The van der Waals surface area contributed by atoms with E-state index in [1.54, 1.807) is 12.1 Å². The fraction of sp³-hybridized carbons (Fsp3) is 0.0667. The largest absolute Gasteiger partial charge is 0.481 e. The number of hydrogen-bond donors (Lipinski definition) is 1. The summed E-state index contributed by atoms with van der Waals surface area (Å²) < 4.78 is 0.779. The summed E-state index contributed by atoms with van der Waals surface area (Å²) in [5.41, 5.74) is 1.37. The summed E-state index contributed by atoms with van der Waals surface area (Å²) in [4.78, 5) is 12.6. The number of hydrogen-bond acceptors (Lipinski definition) is 3. The molecule has 0 fully saturated rings. The Hall–Kier alpha value is -1.77. The molecule has 0 aliphatic rings. The Morgan fingerprint density at radius 3 is 2.45 bits per heavy atom. The van der Waals surface area contributed by atoms with E-state index in [0.29, 0.717) is 5.56 Å². The van der Waals surface area contributed by atoms with Crippen LogP contribution in [0.4, 0.5) is 0 Å². The minimum atomic E-state index is -0.836. The van der Waals surface area contributed by atoms with E-state index in [1.165, 1.54) is 11.8 Å². The van der Waals surface area contributed by atoms with Crippen molar-refractivity contribution in [2.45, 2.75) is 16.2 Å². The highest BCUT2D eigenvalue weighted by Crippen LogP contribution is 2.30. The molecule has 0 saturated heterocycles. The molecular weight excluding hydrogens is 338 g/mol. The molecule has 2 aromatic rings. The Morgan fingerprint density at radius 2 is 1.85 bits per heavy atom. The van der Waals surface area contributed by atoms with E-state index < -0.39 is 5.97 Å². The van der Waals surface area contributed by atoms with Crippen LogP contribution in [0.3, 0.4) is 0 Å². The molecule has 5 heteroatoms. The zero-order chi connectivity index (χ0) is 14.5. The van der Waals surface area contributed by atoms with Crippen LogP contribution in [-0.2, 0) is 11.2 Å². The Balaban J connectivity index is 2.14. The fourth-order valence-corrected chi connectivity index (χ4v) is 2.83. The van der Waals surface area contributed by atoms with Gasteiger partial charge >= 0.3 is 5.97 Å². The molecule has 0 aromatic heterocycles. The highest BCUT2D eigenvalue weighted by atomic mass is 79.9. The van der Waals surface area contributed by atoms with Gasteiger partial charge in [0.25, 0.3) is 0 Å². The van der Waals surface area contributed by atoms with Gasteiger partial charge in [-0.05, 0) is 51.8 Å². The van der Waals surface area contributed by atoms with Crippen LogP contribution in [0.15, 0.2) is 56.7 Å². The molecule has 2 aromatic carbocycles. The number of nitriles is 1. The van der Waals surface area contributed by atoms with E-state index in [1.807, 2.05) is 30.3 Å². The van der Waals surface area contributed by atoms with Gasteiger partial charge in [0.1, 0.15) is 6.07 Å². The molecule has 0 atom stereocenters. The summed E-state index contributed by atoms with van der Waals surface area (Å²) in [5.74, 6) is -0.836. The Morgan fingerprint density at radius 1 is 1.20 bits per heavy atom. The number of aliphatic carboxylic acids is 1. The molecule has 0 radical (unpaired) electrons. The van der Waals surface area contributed by atoms with Gasteiger partial charge in [-0.1, -0.05) is 23.9 Å². The lowest BCUT2D eigenvalue weighted by atomic mass is 10.2. The third-order valence-electron chi connectivity index (χ3n) is 2.57. The van der Waals surface area contributed by atoms with E-state index >= 15 is 0 Å². The van der Waals surface area contributed by atoms with Gasteiger partial charge in [-0.15, -0.1) is 0 Å². The molecular formula is C15H10BrNO2S. The zero-order valence-corrected chi connectivity index (χ0v) is 12.7. The topological polar surface area (TPSA) is 61.1 Å². The molecule has 0 aliphatic heterocycles. The van der Waals surface area contributed by atoms with Crippen molar-refractivity contribution in [3.05, 3.63) is 58.1 Å². The van der Waals surface area contributed by atoms with Crippen molar-refractivity contribution in [1.82, 2.24) is 0 Å². The lowest BCUT2D eigenvalue weighted by molar-refractivity contribution is -0.136. The second-order valence-electron chi connectivity index (χ2n) is 4.07. The second-order valence-corrected chi connectivity index (χ2v) is 6.07.